The molecule has 1 heterocycles. The van der Waals surface area contributed by atoms with Crippen LogP contribution in [-0.2, 0) is 14.3 Å². The van der Waals surface area contributed by atoms with Gasteiger partial charge in [-0.1, -0.05) is 39.5 Å². The van der Waals surface area contributed by atoms with Crippen LogP contribution in [0.25, 0.3) is 0 Å². The number of halogens is 1. The van der Waals surface area contributed by atoms with Gasteiger partial charge in [0.15, 0.2) is 0 Å². The van der Waals surface area contributed by atoms with Crippen molar-refractivity contribution in [3.63, 3.8) is 0 Å². The van der Waals surface area contributed by atoms with Gasteiger partial charge in [0.05, 0.1) is 18.8 Å². The SMILES string of the molecule is C=C/C=C(\C=C/COCC1CC(F)CN1)C(=O)O.CC.CCC=O. The second kappa shape index (κ2) is 17.6. The van der Waals surface area contributed by atoms with E-state index in [4.69, 9.17) is 9.84 Å². The number of carboxylic acid groups (broad SMARTS) is 1. The molecule has 138 valence electrons. The Bertz CT molecular complexity index is 408. The average molecular weight is 343 g/mol. The van der Waals surface area contributed by atoms with E-state index in [-0.39, 0.29) is 11.6 Å². The van der Waals surface area contributed by atoms with E-state index < -0.39 is 12.1 Å². The Morgan fingerprint density at radius 1 is 1.46 bits per heavy atom. The van der Waals surface area contributed by atoms with Gasteiger partial charge in [0.1, 0.15) is 12.5 Å². The van der Waals surface area contributed by atoms with Gasteiger partial charge in [-0.15, -0.1) is 0 Å². The Balaban J connectivity index is 0. The third-order valence-electron chi connectivity index (χ3n) is 2.71. The smallest absolute Gasteiger partial charge is 0.335 e. The minimum absolute atomic E-state index is 0.0519. The van der Waals surface area contributed by atoms with E-state index >= 15 is 0 Å². The van der Waals surface area contributed by atoms with Crippen LogP contribution in [0.1, 0.15) is 33.6 Å². The zero-order chi connectivity index (χ0) is 18.8. The average Bonchev–Trinajstić information content (AvgIpc) is 3.00. The van der Waals surface area contributed by atoms with E-state index in [1.807, 2.05) is 20.8 Å². The number of carbonyl (C=O) groups excluding carboxylic acids is 1. The zero-order valence-electron chi connectivity index (χ0n) is 14.8. The standard InChI is InChI=1S/C13H18FNO3.C3H6O.C2H6/c1-2-4-10(13(16)17)5-3-6-18-9-12-7-11(14)8-15-12;1-2-3-4;1-2/h2-5,11-12,15H,1,6-9H2,(H,16,17);3H,2H2,1H3;1-2H3/b5-3-,10-4+;;. The summed E-state index contributed by atoms with van der Waals surface area (Å²) in [5.74, 6) is -1.01. The number of allylic oxidation sites excluding steroid dienone is 2. The first kappa shape index (κ1) is 24.5. The number of ether oxygens (including phenoxy) is 1. The molecule has 2 atom stereocenters. The van der Waals surface area contributed by atoms with Crippen molar-refractivity contribution in [2.45, 2.75) is 45.8 Å². The third kappa shape index (κ3) is 13.8. The van der Waals surface area contributed by atoms with E-state index in [0.29, 0.717) is 32.6 Å². The van der Waals surface area contributed by atoms with E-state index in [1.54, 1.807) is 6.08 Å². The highest BCUT2D eigenvalue weighted by Gasteiger charge is 2.22. The van der Waals surface area contributed by atoms with Crippen LogP contribution < -0.4 is 5.32 Å². The second-order valence-corrected chi connectivity index (χ2v) is 4.62. The number of aldehydes is 1. The maximum absolute atomic E-state index is 12.8. The van der Waals surface area contributed by atoms with Crippen molar-refractivity contribution in [2.24, 2.45) is 0 Å². The summed E-state index contributed by atoms with van der Waals surface area (Å²) in [4.78, 5) is 19.9. The molecule has 1 saturated heterocycles. The first-order chi connectivity index (χ1) is 11.5. The largest absolute Gasteiger partial charge is 0.478 e. The number of carbonyl (C=O) groups is 2. The Morgan fingerprint density at radius 2 is 2.08 bits per heavy atom. The number of hydrogen-bond donors (Lipinski definition) is 2. The zero-order valence-corrected chi connectivity index (χ0v) is 14.8. The molecular formula is C18H30FNO4. The van der Waals surface area contributed by atoms with Gasteiger partial charge in [-0.2, -0.15) is 0 Å². The molecule has 0 aromatic rings. The van der Waals surface area contributed by atoms with Crippen molar-refractivity contribution < 1.29 is 23.8 Å². The number of alkyl halides is 1. The Labute approximate surface area is 144 Å². The van der Waals surface area contributed by atoms with Gasteiger partial charge >= 0.3 is 5.97 Å². The van der Waals surface area contributed by atoms with Crippen molar-refractivity contribution in [1.29, 1.82) is 0 Å². The minimum Gasteiger partial charge on any atom is -0.478 e. The van der Waals surface area contributed by atoms with E-state index in [2.05, 4.69) is 11.9 Å². The molecule has 1 fully saturated rings. The molecule has 5 nitrogen and oxygen atoms in total. The van der Waals surface area contributed by atoms with Crippen molar-refractivity contribution in [3.05, 3.63) is 36.5 Å². The molecule has 0 radical (unpaired) electrons. The van der Waals surface area contributed by atoms with Crippen LogP contribution in [0.5, 0.6) is 0 Å². The molecule has 0 aromatic carbocycles. The summed E-state index contributed by atoms with van der Waals surface area (Å²) in [6.45, 7) is 10.4. The summed E-state index contributed by atoms with van der Waals surface area (Å²) in [5, 5.41) is 11.8. The molecule has 0 spiro atoms. The fourth-order valence-corrected chi connectivity index (χ4v) is 1.68. The third-order valence-corrected chi connectivity index (χ3v) is 2.71. The molecule has 0 bridgehead atoms. The summed E-state index contributed by atoms with van der Waals surface area (Å²) < 4.78 is 18.1. The lowest BCUT2D eigenvalue weighted by atomic mass is 10.2. The summed E-state index contributed by atoms with van der Waals surface area (Å²) in [5.41, 5.74) is 0.149. The van der Waals surface area contributed by atoms with Crippen LogP contribution in [0, 0.1) is 0 Å². The maximum Gasteiger partial charge on any atom is 0.335 e. The quantitative estimate of drug-likeness (QED) is 0.307. The van der Waals surface area contributed by atoms with Crippen molar-refractivity contribution in [3.8, 4) is 0 Å². The predicted molar refractivity (Wildman–Crippen MR) is 94.9 cm³/mol. The monoisotopic (exact) mass is 343 g/mol. The predicted octanol–water partition coefficient (Wildman–Crippen LogP) is 3.08. The highest BCUT2D eigenvalue weighted by molar-refractivity contribution is 5.90. The molecule has 2 unspecified atom stereocenters. The molecule has 1 aliphatic rings. The van der Waals surface area contributed by atoms with E-state index in [0.717, 1.165) is 6.29 Å². The van der Waals surface area contributed by atoms with Gasteiger partial charge in [-0.05, 0) is 18.6 Å². The molecule has 1 aliphatic heterocycles. The Morgan fingerprint density at radius 3 is 2.50 bits per heavy atom. The number of hydrogen-bond acceptors (Lipinski definition) is 4. The lowest BCUT2D eigenvalue weighted by Gasteiger charge is -2.08. The van der Waals surface area contributed by atoms with Crippen molar-refractivity contribution in [2.75, 3.05) is 19.8 Å². The molecule has 0 amide bonds. The fraction of sp³-hybridized carbons (Fsp3) is 0.556. The maximum atomic E-state index is 12.8. The number of rotatable bonds is 8. The van der Waals surface area contributed by atoms with E-state index in [1.165, 1.54) is 18.2 Å². The normalized spacial score (nSPS) is 19.8. The molecule has 0 saturated carbocycles. The van der Waals surface area contributed by atoms with Gasteiger partial charge in [0, 0.05) is 19.0 Å². The molecule has 2 N–H and O–H groups in total. The lowest BCUT2D eigenvalue weighted by Crippen LogP contribution is -2.26. The molecule has 0 aliphatic carbocycles. The van der Waals surface area contributed by atoms with Gasteiger partial charge in [0.2, 0.25) is 0 Å². The van der Waals surface area contributed by atoms with Crippen LogP contribution >= 0.6 is 0 Å². The first-order valence-corrected chi connectivity index (χ1v) is 8.16. The van der Waals surface area contributed by atoms with Crippen molar-refractivity contribution in [1.82, 2.24) is 5.32 Å². The summed E-state index contributed by atoms with van der Waals surface area (Å²) in [6.07, 6.45) is 7.10. The summed E-state index contributed by atoms with van der Waals surface area (Å²) in [7, 11) is 0. The lowest BCUT2D eigenvalue weighted by molar-refractivity contribution is -0.132. The number of aliphatic carboxylic acids is 1. The molecule has 24 heavy (non-hydrogen) atoms. The molecule has 0 aromatic heterocycles. The number of nitrogens with one attached hydrogen (secondary N) is 1. The molecular weight excluding hydrogens is 313 g/mol. The Hall–Kier alpha value is -1.79. The number of carboxylic acids is 1. The molecule has 1 rings (SSSR count). The van der Waals surface area contributed by atoms with Crippen LogP contribution in [0.3, 0.4) is 0 Å². The molecule has 6 heteroatoms. The summed E-state index contributed by atoms with van der Waals surface area (Å²) >= 11 is 0. The highest BCUT2D eigenvalue weighted by atomic mass is 19.1. The second-order valence-electron chi connectivity index (χ2n) is 4.62. The topological polar surface area (TPSA) is 75.6 Å². The van der Waals surface area contributed by atoms with E-state index in [9.17, 15) is 14.0 Å². The van der Waals surface area contributed by atoms with Gasteiger partial charge in [-0.25, -0.2) is 9.18 Å². The van der Waals surface area contributed by atoms with Crippen LogP contribution in [0.15, 0.2) is 36.5 Å². The first-order valence-electron chi connectivity index (χ1n) is 8.16. The van der Waals surface area contributed by atoms with Gasteiger partial charge in [-0.3, -0.25) is 0 Å². The van der Waals surface area contributed by atoms with Gasteiger partial charge in [0.25, 0.3) is 0 Å². The van der Waals surface area contributed by atoms with Crippen LogP contribution in [0.2, 0.25) is 0 Å². The van der Waals surface area contributed by atoms with Crippen molar-refractivity contribution >= 4 is 12.3 Å². The fourth-order valence-electron chi connectivity index (χ4n) is 1.68. The van der Waals surface area contributed by atoms with Gasteiger partial charge < -0.3 is 20.0 Å². The van der Waals surface area contributed by atoms with Crippen LogP contribution in [-0.4, -0.2) is 49.3 Å². The highest BCUT2D eigenvalue weighted by Crippen LogP contribution is 2.09. The van der Waals surface area contributed by atoms with Crippen LogP contribution in [0.4, 0.5) is 4.39 Å². The summed E-state index contributed by atoms with van der Waals surface area (Å²) in [6, 6.07) is 0.0519. The minimum atomic E-state index is -1.01. The Kier molecular flexibility index (Phi) is 17.9.